The number of nitrogens with one attached hydrogen (secondary N) is 1. The van der Waals surface area contributed by atoms with Gasteiger partial charge in [-0.3, -0.25) is 4.79 Å². The fourth-order valence-electron chi connectivity index (χ4n) is 2.26. The second-order valence-corrected chi connectivity index (χ2v) is 5.49. The maximum absolute atomic E-state index is 12.5. The van der Waals surface area contributed by atoms with Crippen molar-refractivity contribution >= 4 is 17.8 Å². The number of likely N-dealkylation sites (N-methyl/N-ethyl adjacent to an activating group) is 1. The van der Waals surface area contributed by atoms with Gasteiger partial charge in [0.05, 0.1) is 11.8 Å². The number of alkyl halides is 3. The summed E-state index contributed by atoms with van der Waals surface area (Å²) in [4.78, 5) is 21.9. The molecular weight excluding hydrogens is 375 g/mol. The van der Waals surface area contributed by atoms with E-state index < -0.39 is 17.6 Å². The van der Waals surface area contributed by atoms with Crippen molar-refractivity contribution in [3.05, 3.63) is 70.8 Å². The minimum atomic E-state index is -4.39. The summed E-state index contributed by atoms with van der Waals surface area (Å²) < 4.78 is 37.6. The van der Waals surface area contributed by atoms with Gasteiger partial charge in [-0.2, -0.15) is 13.2 Å². The minimum Gasteiger partial charge on any atom is -0.398 e. The van der Waals surface area contributed by atoms with Gasteiger partial charge in [-0.15, -0.1) is 0 Å². The van der Waals surface area contributed by atoms with Gasteiger partial charge in [0.2, 0.25) is 0 Å². The van der Waals surface area contributed by atoms with E-state index in [9.17, 15) is 18.0 Å². The number of carbonyl (C=O) groups excluding carboxylic acids is 1. The molecule has 0 aliphatic carbocycles. The average molecular weight is 393 g/mol. The first-order valence-corrected chi connectivity index (χ1v) is 8.11. The van der Waals surface area contributed by atoms with E-state index in [1.807, 2.05) is 0 Å². The first-order valence-electron chi connectivity index (χ1n) is 8.11. The molecule has 0 spiro atoms. The van der Waals surface area contributed by atoms with Crippen LogP contribution in [-0.2, 0) is 27.3 Å². The molecule has 0 aliphatic rings. The minimum absolute atomic E-state index is 0.0209. The highest BCUT2D eigenvalue weighted by Crippen LogP contribution is 2.28. The Labute approximate surface area is 159 Å². The predicted octanol–water partition coefficient (Wildman–Crippen LogP) is 3.35. The van der Waals surface area contributed by atoms with Crippen LogP contribution in [0.1, 0.15) is 22.3 Å². The molecule has 0 heterocycles. The first-order chi connectivity index (χ1) is 13.4. The molecule has 6 nitrogen and oxygen atoms in total. The van der Waals surface area contributed by atoms with Crippen molar-refractivity contribution in [1.82, 2.24) is 5.32 Å². The van der Waals surface area contributed by atoms with Crippen LogP contribution >= 0.6 is 0 Å². The summed E-state index contributed by atoms with van der Waals surface area (Å²) in [5.41, 5.74) is 0.933. The molecule has 28 heavy (non-hydrogen) atoms. The molecule has 1 amide bonds. The molecule has 2 aromatic carbocycles. The quantitative estimate of drug-likeness (QED) is 0.579. The van der Waals surface area contributed by atoms with Crippen molar-refractivity contribution in [3.8, 4) is 0 Å². The lowest BCUT2D eigenvalue weighted by Crippen LogP contribution is -2.29. The summed E-state index contributed by atoms with van der Waals surface area (Å²) in [6.07, 6.45) is -3.09. The fourth-order valence-corrected chi connectivity index (χ4v) is 2.26. The van der Waals surface area contributed by atoms with Crippen LogP contribution in [0.3, 0.4) is 0 Å². The zero-order valence-electron chi connectivity index (χ0n) is 15.2. The Kier molecular flexibility index (Phi) is 7.14. The molecule has 0 saturated heterocycles. The largest absolute Gasteiger partial charge is 0.416 e. The summed E-state index contributed by atoms with van der Waals surface area (Å²) in [5, 5.41) is 9.99. The van der Waals surface area contributed by atoms with E-state index in [-0.39, 0.29) is 12.3 Å². The number of hydrogen-bond donors (Lipinski definition) is 1. The van der Waals surface area contributed by atoms with E-state index in [4.69, 9.17) is 9.68 Å². The average Bonchev–Trinajstić information content (AvgIpc) is 2.69. The fraction of sp³-hybridized carbons (Fsp3) is 0.211. The molecule has 0 unspecified atom stereocenters. The molecule has 2 rings (SSSR count). The summed E-state index contributed by atoms with van der Waals surface area (Å²) >= 11 is 0. The van der Waals surface area contributed by atoms with Crippen LogP contribution in [-0.4, -0.2) is 32.0 Å². The van der Waals surface area contributed by atoms with Gasteiger partial charge in [0, 0.05) is 18.2 Å². The van der Waals surface area contributed by atoms with Gasteiger partial charge in [-0.25, -0.2) is 0 Å². The van der Waals surface area contributed by atoms with E-state index in [0.717, 1.165) is 12.1 Å². The van der Waals surface area contributed by atoms with Crippen molar-refractivity contribution in [2.45, 2.75) is 12.8 Å². The van der Waals surface area contributed by atoms with E-state index in [0.29, 0.717) is 16.7 Å². The first kappa shape index (κ1) is 20.9. The number of amides is 1. The Bertz CT molecular complexity index is 863. The number of hydrogen-bond acceptors (Lipinski definition) is 5. The number of nitrogens with zero attached hydrogens (tertiary/aromatic N) is 2. The van der Waals surface area contributed by atoms with Crippen LogP contribution in [0.4, 0.5) is 13.2 Å². The smallest absolute Gasteiger partial charge is 0.398 e. The number of halogens is 3. The highest BCUT2D eigenvalue weighted by Gasteiger charge is 2.29. The van der Waals surface area contributed by atoms with Crippen molar-refractivity contribution in [3.63, 3.8) is 0 Å². The van der Waals surface area contributed by atoms with Gasteiger partial charge in [0.1, 0.15) is 13.7 Å². The van der Waals surface area contributed by atoms with Crippen molar-refractivity contribution < 1.29 is 27.6 Å². The maximum Gasteiger partial charge on any atom is 0.416 e. The summed E-state index contributed by atoms with van der Waals surface area (Å²) in [5.74, 6) is -0.428. The Morgan fingerprint density at radius 3 is 2.43 bits per heavy atom. The van der Waals surface area contributed by atoms with Crippen LogP contribution in [0.25, 0.3) is 0 Å². The summed E-state index contributed by atoms with van der Waals surface area (Å²) in [6.45, 7) is 0.0209. The molecule has 0 fully saturated rings. The third-order valence-electron chi connectivity index (χ3n) is 3.63. The van der Waals surface area contributed by atoms with E-state index in [1.54, 1.807) is 24.3 Å². The molecule has 2 aromatic rings. The van der Waals surface area contributed by atoms with Gasteiger partial charge in [0.15, 0.2) is 5.71 Å². The van der Waals surface area contributed by atoms with Gasteiger partial charge >= 0.3 is 6.18 Å². The van der Waals surface area contributed by atoms with Crippen LogP contribution in [0.15, 0.2) is 58.8 Å². The van der Waals surface area contributed by atoms with Crippen molar-refractivity contribution in [2.24, 2.45) is 10.3 Å². The summed E-state index contributed by atoms with van der Waals surface area (Å²) in [7, 11) is 2.80. The molecular formula is C19H18F3N3O3. The lowest BCUT2D eigenvalue weighted by Gasteiger charge is -2.09. The van der Waals surface area contributed by atoms with Gasteiger partial charge in [-0.1, -0.05) is 46.7 Å². The predicted molar refractivity (Wildman–Crippen MR) is 97.9 cm³/mol. The molecule has 0 radical (unpaired) electrons. The lowest BCUT2D eigenvalue weighted by atomic mass is 10.0. The Balaban J connectivity index is 2.08. The molecule has 0 aromatic heterocycles. The van der Waals surface area contributed by atoms with Gasteiger partial charge < -0.3 is 15.0 Å². The number of benzene rings is 2. The second-order valence-electron chi connectivity index (χ2n) is 5.49. The molecule has 9 heteroatoms. The summed E-state index contributed by atoms with van der Waals surface area (Å²) in [6, 6.07) is 11.4. The van der Waals surface area contributed by atoms with Gasteiger partial charge in [0.25, 0.3) is 5.91 Å². The topological polar surface area (TPSA) is 72.3 Å². The monoisotopic (exact) mass is 393 g/mol. The molecule has 0 aliphatic heterocycles. The zero-order valence-corrected chi connectivity index (χ0v) is 15.2. The normalized spacial score (nSPS) is 12.1. The van der Waals surface area contributed by atoms with Crippen LogP contribution in [0.5, 0.6) is 0 Å². The number of oxime groups is 2. The molecule has 1 N–H and O–H groups in total. The highest BCUT2D eigenvalue weighted by atomic mass is 19.4. The van der Waals surface area contributed by atoms with Crippen LogP contribution in [0, 0.1) is 0 Å². The van der Waals surface area contributed by atoms with Crippen LogP contribution < -0.4 is 5.32 Å². The Morgan fingerprint density at radius 2 is 1.82 bits per heavy atom. The number of carbonyl (C=O) groups is 1. The van der Waals surface area contributed by atoms with Crippen LogP contribution in [0.2, 0.25) is 0 Å². The van der Waals surface area contributed by atoms with E-state index >= 15 is 0 Å². The number of rotatable bonds is 7. The molecule has 148 valence electrons. The van der Waals surface area contributed by atoms with Gasteiger partial charge in [-0.05, 0) is 17.7 Å². The Morgan fingerprint density at radius 1 is 1.14 bits per heavy atom. The molecule has 0 atom stereocenters. The molecule has 0 saturated carbocycles. The Hall–Kier alpha value is -3.36. The second kappa shape index (κ2) is 9.54. The lowest BCUT2D eigenvalue weighted by molar-refractivity contribution is -0.137. The standard InChI is InChI=1S/C19H18F3N3O3/c1-23-18(26)17(25-27-2)16-6-4-3-5-14(16)12-28-24-11-13-7-9-15(10-8-13)19(20,21)22/h3-11H,12H2,1-2H3,(H,23,26)/b24-11-,25-17+. The van der Waals surface area contributed by atoms with E-state index in [2.05, 4.69) is 15.6 Å². The third kappa shape index (κ3) is 5.57. The SMILES string of the molecule is CNC(=O)/C(=N/OC)c1ccccc1CO/N=C\c1ccc(C(F)(F)F)cc1. The highest BCUT2D eigenvalue weighted by molar-refractivity contribution is 6.45. The third-order valence-corrected chi connectivity index (χ3v) is 3.63. The molecule has 0 bridgehead atoms. The maximum atomic E-state index is 12.5. The van der Waals surface area contributed by atoms with Crippen molar-refractivity contribution in [1.29, 1.82) is 0 Å². The van der Waals surface area contributed by atoms with Crippen molar-refractivity contribution in [2.75, 3.05) is 14.2 Å². The zero-order chi connectivity index (χ0) is 20.6. The van der Waals surface area contributed by atoms with E-state index in [1.165, 1.54) is 32.5 Å².